The Balaban J connectivity index is 2.08. The highest BCUT2D eigenvalue weighted by Crippen LogP contribution is 2.19. The molecule has 0 saturated carbocycles. The zero-order chi connectivity index (χ0) is 12.3. The molecule has 0 radical (unpaired) electrons. The first-order valence-electron chi connectivity index (χ1n) is 4.61. The van der Waals surface area contributed by atoms with Crippen LogP contribution in [0.3, 0.4) is 0 Å². The maximum Gasteiger partial charge on any atom is 0.250 e. The van der Waals surface area contributed by atoms with Crippen molar-refractivity contribution in [2.45, 2.75) is 17.3 Å². The molecule has 2 aromatic rings. The molecule has 0 aromatic carbocycles. The maximum absolute atomic E-state index is 11.8. The predicted octanol–water partition coefficient (Wildman–Crippen LogP) is -0.802. The maximum atomic E-state index is 11.8. The van der Waals surface area contributed by atoms with Crippen LogP contribution in [0, 0.1) is 0 Å². The highest BCUT2D eigenvalue weighted by atomic mass is 32.2. The Bertz CT molecular complexity index is 575. The van der Waals surface area contributed by atoms with E-state index in [0.717, 1.165) is 16.9 Å². The molecule has 0 saturated heterocycles. The van der Waals surface area contributed by atoms with Gasteiger partial charge in [-0.15, -0.1) is 21.5 Å². The molecule has 0 amide bonds. The summed E-state index contributed by atoms with van der Waals surface area (Å²) in [4.78, 5) is 0. The van der Waals surface area contributed by atoms with Crippen molar-refractivity contribution in [2.75, 3.05) is 0 Å². The Hall–Kier alpha value is -1.36. The largest absolute Gasteiger partial charge is 0.326 e. The normalized spacial score (nSPS) is 11.8. The molecule has 2 aromatic heterocycles. The Kier molecular flexibility index (Phi) is 3.47. The van der Waals surface area contributed by atoms with Gasteiger partial charge in [0.25, 0.3) is 0 Å². The van der Waals surface area contributed by atoms with Gasteiger partial charge in [0.2, 0.25) is 10.0 Å². The smallest absolute Gasteiger partial charge is 0.250 e. The Morgan fingerprint density at radius 3 is 2.94 bits per heavy atom. The fourth-order valence-corrected chi connectivity index (χ4v) is 3.34. The highest BCUT2D eigenvalue weighted by molar-refractivity contribution is 7.91. The number of aromatic nitrogens is 4. The second-order valence-electron chi connectivity index (χ2n) is 3.13. The fraction of sp³-hybridized carbons (Fsp3) is 0.286. The monoisotopic (exact) mass is 274 g/mol. The molecule has 0 aliphatic heterocycles. The van der Waals surface area contributed by atoms with E-state index < -0.39 is 10.0 Å². The number of sulfonamides is 1. The second-order valence-corrected chi connectivity index (χ2v) is 6.04. The summed E-state index contributed by atoms with van der Waals surface area (Å²) in [6.07, 6.45) is 0. The first-order valence-corrected chi connectivity index (χ1v) is 6.97. The van der Waals surface area contributed by atoms with Crippen LogP contribution in [-0.4, -0.2) is 29.0 Å². The van der Waals surface area contributed by atoms with Gasteiger partial charge in [-0.1, -0.05) is 5.21 Å². The van der Waals surface area contributed by atoms with E-state index in [2.05, 4.69) is 25.3 Å². The zero-order valence-electron chi connectivity index (χ0n) is 8.62. The van der Waals surface area contributed by atoms with Crippen LogP contribution in [0.4, 0.5) is 0 Å². The summed E-state index contributed by atoms with van der Waals surface area (Å²) < 4.78 is 26.3. The SMILES string of the molecule is NCc1csc(S(=O)(=O)NCc2nn[nH]n2)c1. The fourth-order valence-electron chi connectivity index (χ4n) is 1.09. The molecule has 17 heavy (non-hydrogen) atoms. The van der Waals surface area contributed by atoms with Crippen LogP contribution < -0.4 is 10.5 Å². The van der Waals surface area contributed by atoms with Gasteiger partial charge in [0.15, 0.2) is 5.82 Å². The van der Waals surface area contributed by atoms with Crippen molar-refractivity contribution in [3.05, 3.63) is 22.8 Å². The third-order valence-corrected chi connectivity index (χ3v) is 4.83. The summed E-state index contributed by atoms with van der Waals surface area (Å²) in [6.45, 7) is 0.311. The molecule has 0 spiro atoms. The van der Waals surface area contributed by atoms with Crippen molar-refractivity contribution in [3.63, 3.8) is 0 Å². The molecule has 92 valence electrons. The van der Waals surface area contributed by atoms with E-state index in [-0.39, 0.29) is 16.6 Å². The van der Waals surface area contributed by atoms with Gasteiger partial charge < -0.3 is 5.73 Å². The van der Waals surface area contributed by atoms with Crippen LogP contribution in [0.15, 0.2) is 15.7 Å². The number of nitrogens with zero attached hydrogens (tertiary/aromatic N) is 3. The molecule has 2 rings (SSSR count). The number of hydrogen-bond acceptors (Lipinski definition) is 7. The molecule has 0 aliphatic carbocycles. The Labute approximate surface area is 101 Å². The van der Waals surface area contributed by atoms with Crippen LogP contribution in [0.5, 0.6) is 0 Å². The van der Waals surface area contributed by atoms with Gasteiger partial charge >= 0.3 is 0 Å². The van der Waals surface area contributed by atoms with Gasteiger partial charge in [-0.05, 0) is 17.0 Å². The third-order valence-electron chi connectivity index (χ3n) is 1.94. The van der Waals surface area contributed by atoms with Gasteiger partial charge in [-0.25, -0.2) is 13.1 Å². The molecule has 0 fully saturated rings. The van der Waals surface area contributed by atoms with E-state index >= 15 is 0 Å². The van der Waals surface area contributed by atoms with Gasteiger partial charge in [-0.3, -0.25) is 0 Å². The summed E-state index contributed by atoms with van der Waals surface area (Å²) >= 11 is 1.12. The summed E-state index contributed by atoms with van der Waals surface area (Å²) in [5.41, 5.74) is 6.20. The lowest BCUT2D eigenvalue weighted by atomic mass is 10.4. The van der Waals surface area contributed by atoms with Crippen molar-refractivity contribution in [3.8, 4) is 0 Å². The van der Waals surface area contributed by atoms with Crippen molar-refractivity contribution in [2.24, 2.45) is 5.73 Å². The Morgan fingerprint density at radius 2 is 2.35 bits per heavy atom. The molecular formula is C7H10N6O2S2. The van der Waals surface area contributed by atoms with Crippen molar-refractivity contribution in [1.29, 1.82) is 0 Å². The number of rotatable bonds is 5. The molecule has 2 heterocycles. The number of H-pyrrole nitrogens is 1. The lowest BCUT2D eigenvalue weighted by Crippen LogP contribution is -2.23. The van der Waals surface area contributed by atoms with Crippen LogP contribution in [0.25, 0.3) is 0 Å². The first-order chi connectivity index (χ1) is 8.12. The third kappa shape index (κ3) is 2.85. The van der Waals surface area contributed by atoms with E-state index in [1.165, 1.54) is 0 Å². The zero-order valence-corrected chi connectivity index (χ0v) is 10.3. The molecule has 0 aliphatic rings. The Morgan fingerprint density at radius 1 is 1.53 bits per heavy atom. The van der Waals surface area contributed by atoms with E-state index in [9.17, 15) is 8.42 Å². The minimum Gasteiger partial charge on any atom is -0.326 e. The average Bonchev–Trinajstić information content (AvgIpc) is 2.98. The predicted molar refractivity (Wildman–Crippen MR) is 60.4 cm³/mol. The number of aromatic amines is 1. The summed E-state index contributed by atoms with van der Waals surface area (Å²) in [6, 6.07) is 1.54. The summed E-state index contributed by atoms with van der Waals surface area (Å²) in [5.74, 6) is 0.282. The number of nitrogens with one attached hydrogen (secondary N) is 2. The lowest BCUT2D eigenvalue weighted by molar-refractivity contribution is 0.581. The topological polar surface area (TPSA) is 127 Å². The summed E-state index contributed by atoms with van der Waals surface area (Å²) in [5, 5.41) is 14.6. The number of nitrogens with two attached hydrogens (primary N) is 1. The molecule has 8 nitrogen and oxygen atoms in total. The molecule has 4 N–H and O–H groups in total. The molecule has 10 heteroatoms. The van der Waals surface area contributed by atoms with Crippen LogP contribution >= 0.6 is 11.3 Å². The van der Waals surface area contributed by atoms with Gasteiger partial charge in [-0.2, -0.15) is 5.21 Å². The van der Waals surface area contributed by atoms with Gasteiger partial charge in [0, 0.05) is 6.54 Å². The van der Waals surface area contributed by atoms with Crippen LogP contribution in [0.2, 0.25) is 0 Å². The van der Waals surface area contributed by atoms with E-state index in [4.69, 9.17) is 5.73 Å². The van der Waals surface area contributed by atoms with Crippen molar-refractivity contribution < 1.29 is 8.42 Å². The molecule has 0 unspecified atom stereocenters. The number of tetrazole rings is 1. The summed E-state index contributed by atoms with van der Waals surface area (Å²) in [7, 11) is -3.53. The van der Waals surface area contributed by atoms with E-state index in [0.29, 0.717) is 6.54 Å². The average molecular weight is 274 g/mol. The van der Waals surface area contributed by atoms with E-state index in [1.807, 2.05) is 0 Å². The van der Waals surface area contributed by atoms with Crippen molar-refractivity contribution >= 4 is 21.4 Å². The lowest BCUT2D eigenvalue weighted by Gasteiger charge is -2.00. The molecular weight excluding hydrogens is 264 g/mol. The number of thiophene rings is 1. The highest BCUT2D eigenvalue weighted by Gasteiger charge is 2.16. The van der Waals surface area contributed by atoms with Gasteiger partial charge in [0.05, 0.1) is 6.54 Å². The second kappa shape index (κ2) is 4.87. The minimum absolute atomic E-state index is 0.00527. The molecule has 0 atom stereocenters. The van der Waals surface area contributed by atoms with E-state index in [1.54, 1.807) is 11.4 Å². The van der Waals surface area contributed by atoms with Gasteiger partial charge in [0.1, 0.15) is 4.21 Å². The molecule has 0 bridgehead atoms. The van der Waals surface area contributed by atoms with Crippen LogP contribution in [-0.2, 0) is 23.1 Å². The van der Waals surface area contributed by atoms with Crippen molar-refractivity contribution in [1.82, 2.24) is 25.3 Å². The quantitative estimate of drug-likeness (QED) is 0.655. The number of hydrogen-bond donors (Lipinski definition) is 3. The van der Waals surface area contributed by atoms with Crippen LogP contribution in [0.1, 0.15) is 11.4 Å². The first kappa shape index (κ1) is 12.1. The standard InChI is InChI=1S/C7H10N6O2S2/c8-2-5-1-7(16-4-5)17(14,15)9-3-6-10-12-13-11-6/h1,4,9H,2-3,8H2,(H,10,11,12,13). The minimum atomic E-state index is -3.53.